The van der Waals surface area contributed by atoms with Crippen molar-refractivity contribution in [3.8, 4) is 0 Å². The molecule has 0 saturated carbocycles. The van der Waals surface area contributed by atoms with E-state index in [1.165, 1.54) is 0 Å². The van der Waals surface area contributed by atoms with Crippen molar-refractivity contribution < 1.29 is 4.74 Å². The van der Waals surface area contributed by atoms with Crippen molar-refractivity contribution in [1.29, 1.82) is 0 Å². The standard InChI is InChI=1S/C7H17NO.ClH/c1-7(2,3)6(8)5-9-4;/h6H,5,8H2,1-4H3;1H. The minimum atomic E-state index is 0. The Balaban J connectivity index is 0. The number of hydrogen-bond acceptors (Lipinski definition) is 2. The molecule has 2 N–H and O–H groups in total. The Morgan fingerprint density at radius 1 is 1.40 bits per heavy atom. The maximum absolute atomic E-state index is 5.74. The summed E-state index contributed by atoms with van der Waals surface area (Å²) in [4.78, 5) is 0. The predicted molar refractivity (Wildman–Crippen MR) is 46.6 cm³/mol. The molecule has 0 aromatic rings. The lowest BCUT2D eigenvalue weighted by Gasteiger charge is -2.25. The molecule has 0 aliphatic rings. The Bertz CT molecular complexity index is 80.2. The van der Waals surface area contributed by atoms with Gasteiger partial charge in [-0.15, -0.1) is 12.4 Å². The number of nitrogens with two attached hydrogens (primary N) is 1. The van der Waals surface area contributed by atoms with Crippen LogP contribution in [0.15, 0.2) is 0 Å². The highest BCUT2D eigenvalue weighted by Gasteiger charge is 2.19. The van der Waals surface area contributed by atoms with E-state index in [9.17, 15) is 0 Å². The van der Waals surface area contributed by atoms with Crippen LogP contribution >= 0.6 is 12.4 Å². The molecule has 1 unspecified atom stereocenters. The average Bonchev–Trinajstić information content (AvgIpc) is 1.64. The molecule has 0 fully saturated rings. The second-order valence-electron chi connectivity index (χ2n) is 3.43. The van der Waals surface area contributed by atoms with Gasteiger partial charge in [-0.3, -0.25) is 0 Å². The lowest BCUT2D eigenvalue weighted by atomic mass is 9.88. The summed E-state index contributed by atoms with van der Waals surface area (Å²) in [5.74, 6) is 0. The molecule has 0 bridgehead atoms. The van der Waals surface area contributed by atoms with Crippen molar-refractivity contribution in [1.82, 2.24) is 0 Å². The molecule has 1 atom stereocenters. The van der Waals surface area contributed by atoms with Gasteiger partial charge in [-0.25, -0.2) is 0 Å². The van der Waals surface area contributed by atoms with Crippen molar-refractivity contribution in [3.05, 3.63) is 0 Å². The minimum absolute atomic E-state index is 0. The van der Waals surface area contributed by atoms with Crippen LogP contribution in [0.2, 0.25) is 0 Å². The van der Waals surface area contributed by atoms with Crippen LogP contribution in [0.25, 0.3) is 0 Å². The molecular formula is C7H18ClNO. The average molecular weight is 168 g/mol. The van der Waals surface area contributed by atoms with E-state index in [4.69, 9.17) is 10.5 Å². The van der Waals surface area contributed by atoms with E-state index in [1.807, 2.05) is 0 Å². The topological polar surface area (TPSA) is 35.2 Å². The summed E-state index contributed by atoms with van der Waals surface area (Å²) in [6.45, 7) is 6.97. The summed E-state index contributed by atoms with van der Waals surface area (Å²) in [6, 6.07) is 0.141. The third kappa shape index (κ3) is 5.03. The maximum atomic E-state index is 5.74. The van der Waals surface area contributed by atoms with Gasteiger partial charge in [-0.05, 0) is 5.41 Å². The second-order valence-corrected chi connectivity index (χ2v) is 3.43. The Morgan fingerprint density at radius 2 is 1.80 bits per heavy atom. The van der Waals surface area contributed by atoms with E-state index in [2.05, 4.69) is 20.8 Å². The van der Waals surface area contributed by atoms with Gasteiger partial charge in [-0.2, -0.15) is 0 Å². The second kappa shape index (κ2) is 4.94. The Morgan fingerprint density at radius 3 is 1.90 bits per heavy atom. The normalized spacial score (nSPS) is 14.1. The van der Waals surface area contributed by atoms with Gasteiger partial charge in [0.15, 0.2) is 0 Å². The molecule has 0 aromatic carbocycles. The highest BCUT2D eigenvalue weighted by molar-refractivity contribution is 5.85. The summed E-state index contributed by atoms with van der Waals surface area (Å²) in [6.07, 6.45) is 0. The van der Waals surface area contributed by atoms with Crippen LogP contribution in [-0.4, -0.2) is 19.8 Å². The van der Waals surface area contributed by atoms with E-state index in [1.54, 1.807) is 7.11 Å². The fraction of sp³-hybridized carbons (Fsp3) is 1.00. The molecule has 0 aromatic heterocycles. The van der Waals surface area contributed by atoms with Crippen LogP contribution < -0.4 is 5.73 Å². The Kier molecular flexibility index (Phi) is 6.35. The lowest BCUT2D eigenvalue weighted by Crippen LogP contribution is -2.38. The summed E-state index contributed by atoms with van der Waals surface area (Å²) in [7, 11) is 1.67. The highest BCUT2D eigenvalue weighted by atomic mass is 35.5. The molecule has 0 amide bonds. The molecule has 0 radical (unpaired) electrons. The fourth-order valence-electron chi connectivity index (χ4n) is 0.430. The lowest BCUT2D eigenvalue weighted by molar-refractivity contribution is 0.135. The molecular weight excluding hydrogens is 150 g/mol. The SMILES string of the molecule is COCC(N)C(C)(C)C.Cl. The van der Waals surface area contributed by atoms with Gasteiger partial charge in [0.05, 0.1) is 6.61 Å². The first-order chi connectivity index (χ1) is 3.98. The van der Waals surface area contributed by atoms with E-state index in [0.29, 0.717) is 6.61 Å². The smallest absolute Gasteiger partial charge is 0.0618 e. The summed E-state index contributed by atoms with van der Waals surface area (Å²) < 4.78 is 4.91. The minimum Gasteiger partial charge on any atom is -0.383 e. The first-order valence-corrected chi connectivity index (χ1v) is 3.23. The van der Waals surface area contributed by atoms with Crippen LogP contribution in [0.4, 0.5) is 0 Å². The molecule has 0 aliphatic heterocycles. The molecule has 0 heterocycles. The third-order valence-electron chi connectivity index (χ3n) is 1.46. The Labute approximate surface area is 69.5 Å². The van der Waals surface area contributed by atoms with Crippen molar-refractivity contribution in [3.63, 3.8) is 0 Å². The third-order valence-corrected chi connectivity index (χ3v) is 1.46. The zero-order valence-corrected chi connectivity index (χ0v) is 7.99. The molecule has 10 heavy (non-hydrogen) atoms. The monoisotopic (exact) mass is 167 g/mol. The van der Waals surface area contributed by atoms with Gasteiger partial charge in [-0.1, -0.05) is 20.8 Å². The van der Waals surface area contributed by atoms with Crippen LogP contribution in [0.5, 0.6) is 0 Å². The number of rotatable bonds is 2. The number of halogens is 1. The van der Waals surface area contributed by atoms with Crippen LogP contribution in [0, 0.1) is 5.41 Å². The van der Waals surface area contributed by atoms with Gasteiger partial charge < -0.3 is 10.5 Å². The van der Waals surface area contributed by atoms with Crippen molar-refractivity contribution in [2.24, 2.45) is 11.1 Å². The first kappa shape index (κ1) is 12.8. The molecule has 0 aliphatic carbocycles. The van der Waals surface area contributed by atoms with Gasteiger partial charge in [0.2, 0.25) is 0 Å². The van der Waals surface area contributed by atoms with Crippen molar-refractivity contribution in [2.45, 2.75) is 26.8 Å². The van der Waals surface area contributed by atoms with Gasteiger partial charge in [0, 0.05) is 13.2 Å². The van der Waals surface area contributed by atoms with Crippen molar-refractivity contribution in [2.75, 3.05) is 13.7 Å². The van der Waals surface area contributed by atoms with Gasteiger partial charge >= 0.3 is 0 Å². The number of methoxy groups -OCH3 is 1. The Hall–Kier alpha value is 0.210. The largest absolute Gasteiger partial charge is 0.383 e. The number of ether oxygens (including phenoxy) is 1. The van der Waals surface area contributed by atoms with Gasteiger partial charge in [0.1, 0.15) is 0 Å². The summed E-state index contributed by atoms with van der Waals surface area (Å²) in [5, 5.41) is 0. The summed E-state index contributed by atoms with van der Waals surface area (Å²) >= 11 is 0. The maximum Gasteiger partial charge on any atom is 0.0618 e. The van der Waals surface area contributed by atoms with Gasteiger partial charge in [0.25, 0.3) is 0 Å². The van der Waals surface area contributed by atoms with E-state index >= 15 is 0 Å². The zero-order valence-electron chi connectivity index (χ0n) is 7.18. The van der Waals surface area contributed by atoms with E-state index < -0.39 is 0 Å². The molecule has 2 nitrogen and oxygen atoms in total. The van der Waals surface area contributed by atoms with E-state index in [0.717, 1.165) is 0 Å². The molecule has 0 saturated heterocycles. The highest BCUT2D eigenvalue weighted by Crippen LogP contribution is 2.16. The molecule has 3 heteroatoms. The number of hydrogen-bond donors (Lipinski definition) is 1. The molecule has 0 spiro atoms. The van der Waals surface area contributed by atoms with E-state index in [-0.39, 0.29) is 23.9 Å². The van der Waals surface area contributed by atoms with Crippen LogP contribution in [0.3, 0.4) is 0 Å². The first-order valence-electron chi connectivity index (χ1n) is 3.23. The van der Waals surface area contributed by atoms with Crippen molar-refractivity contribution >= 4 is 12.4 Å². The zero-order chi connectivity index (χ0) is 7.49. The van der Waals surface area contributed by atoms with Crippen LogP contribution in [-0.2, 0) is 4.74 Å². The van der Waals surface area contributed by atoms with Crippen LogP contribution in [0.1, 0.15) is 20.8 Å². The summed E-state index contributed by atoms with van der Waals surface area (Å²) in [5.41, 5.74) is 5.90. The molecule has 64 valence electrons. The molecule has 0 rings (SSSR count). The predicted octanol–water partition coefficient (Wildman–Crippen LogP) is 1.43. The quantitative estimate of drug-likeness (QED) is 0.676. The fourth-order valence-corrected chi connectivity index (χ4v) is 0.430.